The van der Waals surface area contributed by atoms with E-state index in [1.54, 1.807) is 13.0 Å². The Balaban J connectivity index is 2.69. The van der Waals surface area contributed by atoms with Gasteiger partial charge < -0.3 is 4.74 Å². The summed E-state index contributed by atoms with van der Waals surface area (Å²) in [6.45, 7) is 2.00. The highest BCUT2D eigenvalue weighted by molar-refractivity contribution is 5.72. The molecular formula is C11H12F2O2. The second kappa shape index (κ2) is 5.44. The van der Waals surface area contributed by atoms with Crippen molar-refractivity contribution in [2.75, 3.05) is 6.61 Å². The molecule has 1 aromatic carbocycles. The van der Waals surface area contributed by atoms with E-state index in [0.29, 0.717) is 12.2 Å². The van der Waals surface area contributed by atoms with Crippen molar-refractivity contribution in [3.8, 4) is 0 Å². The van der Waals surface area contributed by atoms with Gasteiger partial charge in [-0.05, 0) is 18.6 Å². The smallest absolute Gasteiger partial charge is 0.310 e. The van der Waals surface area contributed by atoms with Crippen LogP contribution in [0.3, 0.4) is 0 Å². The molecule has 0 unspecified atom stereocenters. The normalized spacial score (nSPS) is 10.4. The number of carbonyl (C=O) groups excluding carboxylic acids is 1. The number of benzene rings is 1. The summed E-state index contributed by atoms with van der Waals surface area (Å²) in [7, 11) is 0. The van der Waals surface area contributed by atoms with Crippen LogP contribution in [0.5, 0.6) is 0 Å². The third-order valence-electron chi connectivity index (χ3n) is 1.86. The summed E-state index contributed by atoms with van der Waals surface area (Å²) in [5.74, 6) is -0.399. The van der Waals surface area contributed by atoms with Gasteiger partial charge in [-0.1, -0.05) is 18.2 Å². The highest BCUT2D eigenvalue weighted by atomic mass is 19.3. The van der Waals surface area contributed by atoms with Gasteiger partial charge in [-0.2, -0.15) is 0 Å². The van der Waals surface area contributed by atoms with Crippen LogP contribution in [0, 0.1) is 0 Å². The lowest BCUT2D eigenvalue weighted by Crippen LogP contribution is -2.07. The zero-order valence-corrected chi connectivity index (χ0v) is 8.37. The standard InChI is InChI=1S/C11H12F2O2/c1-2-15-10(14)7-8-4-3-5-9(6-8)11(12)13/h3-6,11H,2,7H2,1H3. The number of alkyl halides is 2. The monoisotopic (exact) mass is 214 g/mol. The maximum Gasteiger partial charge on any atom is 0.310 e. The molecular weight excluding hydrogens is 202 g/mol. The lowest BCUT2D eigenvalue weighted by atomic mass is 10.1. The van der Waals surface area contributed by atoms with Crippen molar-refractivity contribution in [1.29, 1.82) is 0 Å². The Morgan fingerprint density at radius 2 is 2.20 bits per heavy atom. The molecule has 0 aliphatic rings. The predicted molar refractivity (Wildman–Crippen MR) is 51.7 cm³/mol. The SMILES string of the molecule is CCOC(=O)Cc1cccc(C(F)F)c1. The zero-order chi connectivity index (χ0) is 11.3. The minimum absolute atomic E-state index is 0.0361. The summed E-state index contributed by atoms with van der Waals surface area (Å²) < 4.78 is 29.4. The summed E-state index contributed by atoms with van der Waals surface area (Å²) in [5, 5.41) is 0. The van der Waals surface area contributed by atoms with E-state index in [1.165, 1.54) is 18.2 Å². The van der Waals surface area contributed by atoms with Crippen LogP contribution in [0.15, 0.2) is 24.3 Å². The van der Waals surface area contributed by atoms with Gasteiger partial charge in [0.15, 0.2) is 0 Å². The van der Waals surface area contributed by atoms with Gasteiger partial charge in [0, 0.05) is 5.56 Å². The Morgan fingerprint density at radius 1 is 1.47 bits per heavy atom. The molecule has 0 bridgehead atoms. The molecule has 0 aliphatic heterocycles. The van der Waals surface area contributed by atoms with E-state index in [9.17, 15) is 13.6 Å². The second-order valence-electron chi connectivity index (χ2n) is 3.03. The van der Waals surface area contributed by atoms with Crippen LogP contribution < -0.4 is 0 Å². The number of halogens is 2. The van der Waals surface area contributed by atoms with E-state index in [1.807, 2.05) is 0 Å². The molecule has 0 heterocycles. The van der Waals surface area contributed by atoms with Crippen LogP contribution in [-0.4, -0.2) is 12.6 Å². The summed E-state index contributed by atoms with van der Waals surface area (Å²) in [6.07, 6.45) is -2.47. The topological polar surface area (TPSA) is 26.3 Å². The van der Waals surface area contributed by atoms with E-state index >= 15 is 0 Å². The van der Waals surface area contributed by atoms with Crippen molar-refractivity contribution < 1.29 is 18.3 Å². The van der Waals surface area contributed by atoms with Gasteiger partial charge in [-0.25, -0.2) is 8.78 Å². The molecule has 0 saturated carbocycles. The summed E-state index contributed by atoms with van der Waals surface area (Å²) in [6, 6.07) is 5.79. The average molecular weight is 214 g/mol. The molecule has 0 saturated heterocycles. The molecule has 15 heavy (non-hydrogen) atoms. The zero-order valence-electron chi connectivity index (χ0n) is 8.37. The van der Waals surface area contributed by atoms with Gasteiger partial charge in [-0.15, -0.1) is 0 Å². The van der Waals surface area contributed by atoms with E-state index in [0.717, 1.165) is 0 Å². The molecule has 1 rings (SSSR count). The maximum absolute atomic E-state index is 12.3. The van der Waals surface area contributed by atoms with Crippen molar-refractivity contribution in [3.63, 3.8) is 0 Å². The predicted octanol–water partition coefficient (Wildman–Crippen LogP) is 2.73. The van der Waals surface area contributed by atoms with Crippen LogP contribution in [0.25, 0.3) is 0 Å². The fourth-order valence-corrected chi connectivity index (χ4v) is 1.22. The highest BCUT2D eigenvalue weighted by Crippen LogP contribution is 2.19. The summed E-state index contributed by atoms with van der Waals surface area (Å²) in [5.41, 5.74) is 0.475. The average Bonchev–Trinajstić information content (AvgIpc) is 2.18. The molecule has 4 heteroatoms. The van der Waals surface area contributed by atoms with E-state index in [4.69, 9.17) is 4.74 Å². The molecule has 0 atom stereocenters. The molecule has 0 N–H and O–H groups in total. The molecule has 0 radical (unpaired) electrons. The lowest BCUT2D eigenvalue weighted by molar-refractivity contribution is -0.142. The Bertz CT molecular complexity index is 337. The first-order valence-corrected chi connectivity index (χ1v) is 4.66. The van der Waals surface area contributed by atoms with Gasteiger partial charge in [0.2, 0.25) is 0 Å². The molecule has 0 spiro atoms. The Morgan fingerprint density at radius 3 is 2.80 bits per heavy atom. The largest absolute Gasteiger partial charge is 0.466 e. The molecule has 0 fully saturated rings. The second-order valence-corrected chi connectivity index (χ2v) is 3.03. The van der Waals surface area contributed by atoms with Crippen molar-refractivity contribution in [2.45, 2.75) is 19.8 Å². The molecule has 0 aliphatic carbocycles. The summed E-state index contributed by atoms with van der Waals surface area (Å²) in [4.78, 5) is 11.1. The number of ether oxygens (including phenoxy) is 1. The first kappa shape index (κ1) is 11.6. The van der Waals surface area contributed by atoms with Crippen LogP contribution in [0.4, 0.5) is 8.78 Å². The number of carbonyl (C=O) groups is 1. The van der Waals surface area contributed by atoms with Crippen molar-refractivity contribution in [1.82, 2.24) is 0 Å². The van der Waals surface area contributed by atoms with Crippen molar-refractivity contribution in [2.24, 2.45) is 0 Å². The number of esters is 1. The van der Waals surface area contributed by atoms with Crippen LogP contribution in [0.2, 0.25) is 0 Å². The fourth-order valence-electron chi connectivity index (χ4n) is 1.22. The molecule has 82 valence electrons. The molecule has 1 aromatic rings. The maximum atomic E-state index is 12.3. The van der Waals surface area contributed by atoms with Crippen molar-refractivity contribution >= 4 is 5.97 Å². The van der Waals surface area contributed by atoms with Gasteiger partial charge in [0.1, 0.15) is 0 Å². The Labute approximate surface area is 86.9 Å². The lowest BCUT2D eigenvalue weighted by Gasteiger charge is -2.04. The first-order valence-electron chi connectivity index (χ1n) is 4.66. The molecule has 0 aromatic heterocycles. The quantitative estimate of drug-likeness (QED) is 0.720. The van der Waals surface area contributed by atoms with E-state index in [2.05, 4.69) is 0 Å². The molecule has 0 amide bonds. The number of hydrogen-bond donors (Lipinski definition) is 0. The van der Waals surface area contributed by atoms with Gasteiger partial charge in [-0.3, -0.25) is 4.79 Å². The first-order chi connectivity index (χ1) is 7.13. The van der Waals surface area contributed by atoms with Crippen LogP contribution in [-0.2, 0) is 16.0 Å². The van der Waals surface area contributed by atoms with E-state index in [-0.39, 0.29) is 12.0 Å². The third-order valence-corrected chi connectivity index (χ3v) is 1.86. The van der Waals surface area contributed by atoms with Gasteiger partial charge in [0.25, 0.3) is 6.43 Å². The van der Waals surface area contributed by atoms with Crippen molar-refractivity contribution in [3.05, 3.63) is 35.4 Å². The Hall–Kier alpha value is -1.45. The minimum Gasteiger partial charge on any atom is -0.466 e. The molecule has 2 nitrogen and oxygen atoms in total. The minimum atomic E-state index is -2.51. The number of rotatable bonds is 4. The van der Waals surface area contributed by atoms with Gasteiger partial charge >= 0.3 is 5.97 Å². The van der Waals surface area contributed by atoms with Crippen LogP contribution in [0.1, 0.15) is 24.5 Å². The number of hydrogen-bond acceptors (Lipinski definition) is 2. The van der Waals surface area contributed by atoms with E-state index < -0.39 is 12.4 Å². The summed E-state index contributed by atoms with van der Waals surface area (Å²) >= 11 is 0. The third kappa shape index (κ3) is 3.65. The fraction of sp³-hybridized carbons (Fsp3) is 0.364. The highest BCUT2D eigenvalue weighted by Gasteiger charge is 2.09. The van der Waals surface area contributed by atoms with Crippen LogP contribution >= 0.6 is 0 Å². The Kier molecular flexibility index (Phi) is 4.21. The van der Waals surface area contributed by atoms with Gasteiger partial charge in [0.05, 0.1) is 13.0 Å².